The van der Waals surface area contributed by atoms with Gasteiger partial charge in [-0.15, -0.1) is 6.58 Å². The van der Waals surface area contributed by atoms with E-state index in [1.165, 1.54) is 6.07 Å². The number of hydrogen-bond donors (Lipinski definition) is 2. The summed E-state index contributed by atoms with van der Waals surface area (Å²) < 4.78 is 5.29. The fraction of sp³-hybridized carbons (Fsp3) is 0.300. The Kier molecular flexibility index (Phi) is 3.61. The maximum atomic E-state index is 11.9. The van der Waals surface area contributed by atoms with Gasteiger partial charge in [0.25, 0.3) is 0 Å². The van der Waals surface area contributed by atoms with E-state index in [1.54, 1.807) is 13.2 Å². The minimum absolute atomic E-state index is 0.00290. The van der Waals surface area contributed by atoms with Crippen molar-refractivity contribution in [1.82, 2.24) is 0 Å². The molecule has 0 radical (unpaired) electrons. The molecular weight excluding hydrogens is 302 g/mol. The van der Waals surface area contributed by atoms with Crippen LogP contribution in [-0.4, -0.2) is 24.4 Å². The smallest absolute Gasteiger partial charge is 0.131 e. The number of anilines is 2. The van der Waals surface area contributed by atoms with Gasteiger partial charge in [-0.25, -0.2) is 0 Å². The van der Waals surface area contributed by atoms with Gasteiger partial charge in [0, 0.05) is 35.8 Å². The second-order valence-electron chi connectivity index (χ2n) is 6.75. The third kappa shape index (κ3) is 1.96. The first-order valence-electron chi connectivity index (χ1n) is 7.88. The van der Waals surface area contributed by atoms with Crippen molar-refractivity contribution in [3.05, 3.63) is 60.2 Å². The average Bonchev–Trinajstić information content (AvgIpc) is 2.58. The maximum Gasteiger partial charge on any atom is 0.131 e. The van der Waals surface area contributed by atoms with Crippen molar-refractivity contribution in [3.63, 3.8) is 0 Å². The normalized spacial score (nSPS) is 19.5. The van der Waals surface area contributed by atoms with E-state index in [9.17, 15) is 10.2 Å². The molecule has 0 aromatic heterocycles. The molecule has 0 spiro atoms. The first kappa shape index (κ1) is 16.4. The number of fused-ring (bicyclic) bond motifs is 2. The van der Waals surface area contributed by atoms with E-state index >= 15 is 0 Å². The lowest BCUT2D eigenvalue weighted by Crippen LogP contribution is -2.46. The number of ether oxygens (including phenoxy) is 1. The second kappa shape index (κ2) is 5.28. The van der Waals surface area contributed by atoms with Crippen molar-refractivity contribution in [3.8, 4) is 11.5 Å². The molecule has 0 bridgehead atoms. The average molecular weight is 325 g/mol. The number of phenols is 1. The summed E-state index contributed by atoms with van der Waals surface area (Å²) in [5.41, 5.74) is 0.687. The SMILES string of the molecule is C=CC(C)(C)C1(O)c2ccccc2N(C)c2cc(OC)cc(O)c21. The van der Waals surface area contributed by atoms with Crippen LogP contribution in [0.1, 0.15) is 25.0 Å². The quantitative estimate of drug-likeness (QED) is 0.840. The molecule has 0 fully saturated rings. The molecule has 1 aliphatic rings. The van der Waals surface area contributed by atoms with E-state index < -0.39 is 11.0 Å². The number of phenolic OH excluding ortho intramolecular Hbond substituents is 1. The van der Waals surface area contributed by atoms with E-state index in [4.69, 9.17) is 4.74 Å². The highest BCUT2D eigenvalue weighted by molar-refractivity contribution is 5.80. The predicted molar refractivity (Wildman–Crippen MR) is 96.1 cm³/mol. The highest BCUT2D eigenvalue weighted by atomic mass is 16.5. The molecule has 126 valence electrons. The molecule has 3 rings (SSSR count). The summed E-state index contributed by atoms with van der Waals surface area (Å²) in [4.78, 5) is 1.96. The number of benzene rings is 2. The Bertz CT molecular complexity index is 813. The number of nitrogens with zero attached hydrogens (tertiary/aromatic N) is 1. The zero-order valence-corrected chi connectivity index (χ0v) is 14.5. The Morgan fingerprint density at radius 2 is 1.88 bits per heavy atom. The van der Waals surface area contributed by atoms with Gasteiger partial charge in [-0.1, -0.05) is 38.1 Å². The van der Waals surface area contributed by atoms with Crippen LogP contribution in [-0.2, 0) is 5.60 Å². The van der Waals surface area contributed by atoms with Crippen LogP contribution in [0.3, 0.4) is 0 Å². The van der Waals surface area contributed by atoms with E-state index in [1.807, 2.05) is 56.1 Å². The van der Waals surface area contributed by atoms with Crippen LogP contribution in [0.2, 0.25) is 0 Å². The van der Waals surface area contributed by atoms with Gasteiger partial charge >= 0.3 is 0 Å². The van der Waals surface area contributed by atoms with Crippen LogP contribution in [0.25, 0.3) is 0 Å². The minimum Gasteiger partial charge on any atom is -0.507 e. The molecule has 1 unspecified atom stereocenters. The number of aliphatic hydroxyl groups is 1. The maximum absolute atomic E-state index is 11.9. The van der Waals surface area contributed by atoms with Crippen LogP contribution >= 0.6 is 0 Å². The van der Waals surface area contributed by atoms with Gasteiger partial charge in [0.2, 0.25) is 0 Å². The lowest BCUT2D eigenvalue weighted by Gasteiger charge is -2.48. The molecule has 1 aliphatic heterocycles. The molecule has 2 aromatic carbocycles. The van der Waals surface area contributed by atoms with Crippen LogP contribution in [0, 0.1) is 5.41 Å². The first-order chi connectivity index (χ1) is 11.3. The monoisotopic (exact) mass is 325 g/mol. The zero-order chi connectivity index (χ0) is 17.7. The summed E-state index contributed by atoms with van der Waals surface area (Å²) in [7, 11) is 3.47. The number of methoxy groups -OCH3 is 1. The highest BCUT2D eigenvalue weighted by Crippen LogP contribution is 2.58. The lowest BCUT2D eigenvalue weighted by atomic mass is 9.64. The van der Waals surface area contributed by atoms with Gasteiger partial charge in [-0.05, 0) is 6.07 Å². The minimum atomic E-state index is -1.41. The summed E-state index contributed by atoms with van der Waals surface area (Å²) in [6.07, 6.45) is 1.72. The molecule has 0 saturated heterocycles. The summed E-state index contributed by atoms with van der Waals surface area (Å²) in [5, 5.41) is 22.6. The third-order valence-electron chi connectivity index (χ3n) is 5.13. The fourth-order valence-electron chi connectivity index (χ4n) is 3.49. The van der Waals surface area contributed by atoms with Crippen molar-refractivity contribution >= 4 is 11.4 Å². The number of hydrogen-bond acceptors (Lipinski definition) is 4. The highest BCUT2D eigenvalue weighted by Gasteiger charge is 2.51. The first-order valence-corrected chi connectivity index (χ1v) is 7.88. The van der Waals surface area contributed by atoms with Gasteiger partial charge < -0.3 is 19.8 Å². The molecule has 2 N–H and O–H groups in total. The van der Waals surface area contributed by atoms with Crippen molar-refractivity contribution in [1.29, 1.82) is 0 Å². The topological polar surface area (TPSA) is 52.9 Å². The lowest BCUT2D eigenvalue weighted by molar-refractivity contribution is -0.0112. The Hall–Kier alpha value is -2.46. The molecule has 1 heterocycles. The number of para-hydroxylation sites is 1. The van der Waals surface area contributed by atoms with Crippen molar-refractivity contribution in [2.45, 2.75) is 19.4 Å². The van der Waals surface area contributed by atoms with Gasteiger partial charge in [-0.2, -0.15) is 0 Å². The molecule has 24 heavy (non-hydrogen) atoms. The summed E-state index contributed by atoms with van der Waals surface area (Å²) in [6.45, 7) is 7.73. The second-order valence-corrected chi connectivity index (χ2v) is 6.75. The Morgan fingerprint density at radius 3 is 2.50 bits per heavy atom. The molecule has 2 aromatic rings. The predicted octanol–water partition coefficient (Wildman–Crippen LogP) is 3.93. The molecular formula is C20H23NO3. The van der Waals surface area contributed by atoms with Crippen LogP contribution < -0.4 is 9.64 Å². The van der Waals surface area contributed by atoms with Crippen LogP contribution in [0.5, 0.6) is 11.5 Å². The molecule has 0 aliphatic carbocycles. The summed E-state index contributed by atoms with van der Waals surface area (Å²) in [5.74, 6) is 0.541. The van der Waals surface area contributed by atoms with Crippen LogP contribution in [0.15, 0.2) is 49.1 Å². The van der Waals surface area contributed by atoms with Crippen LogP contribution in [0.4, 0.5) is 11.4 Å². The van der Waals surface area contributed by atoms with Gasteiger partial charge in [-0.3, -0.25) is 0 Å². The van der Waals surface area contributed by atoms with Crippen molar-refractivity contribution in [2.24, 2.45) is 5.41 Å². The Balaban J connectivity index is 2.45. The fourth-order valence-corrected chi connectivity index (χ4v) is 3.49. The number of aromatic hydroxyl groups is 1. The summed E-state index contributed by atoms with van der Waals surface area (Å²) >= 11 is 0. The van der Waals surface area contributed by atoms with E-state index in [-0.39, 0.29) is 5.75 Å². The van der Waals surface area contributed by atoms with Crippen molar-refractivity contribution < 1.29 is 14.9 Å². The van der Waals surface area contributed by atoms with E-state index in [0.717, 1.165) is 11.3 Å². The van der Waals surface area contributed by atoms with Gasteiger partial charge in [0.15, 0.2) is 0 Å². The Labute approximate surface area is 142 Å². The van der Waals surface area contributed by atoms with E-state index in [0.29, 0.717) is 17.0 Å². The largest absolute Gasteiger partial charge is 0.507 e. The summed E-state index contributed by atoms with van der Waals surface area (Å²) in [6, 6.07) is 11.0. The zero-order valence-electron chi connectivity index (χ0n) is 14.5. The Morgan fingerprint density at radius 1 is 1.21 bits per heavy atom. The molecule has 4 heteroatoms. The standard InChI is InChI=1S/C20H23NO3/c1-6-19(2,3)20(23)14-9-7-8-10-15(14)21(4)16-11-13(24-5)12-17(22)18(16)20/h6-12,22-23H,1H2,2-5H3. The van der Waals surface area contributed by atoms with Crippen molar-refractivity contribution in [2.75, 3.05) is 19.1 Å². The van der Waals surface area contributed by atoms with Gasteiger partial charge in [0.1, 0.15) is 17.1 Å². The van der Waals surface area contributed by atoms with E-state index in [2.05, 4.69) is 6.58 Å². The molecule has 0 amide bonds. The van der Waals surface area contributed by atoms with Gasteiger partial charge in [0.05, 0.1) is 18.4 Å². The molecule has 0 saturated carbocycles. The number of rotatable bonds is 3. The molecule has 4 nitrogen and oxygen atoms in total. The molecule has 1 atom stereocenters. The third-order valence-corrected chi connectivity index (χ3v) is 5.13.